The Bertz CT molecular complexity index is 799. The normalized spacial score (nSPS) is 11.0. The van der Waals surface area contributed by atoms with Gasteiger partial charge in [0, 0.05) is 5.69 Å². The van der Waals surface area contributed by atoms with Crippen molar-refractivity contribution in [2.45, 2.75) is 6.92 Å². The Morgan fingerprint density at radius 2 is 1.75 bits per heavy atom. The Morgan fingerprint density at radius 3 is 2.38 bits per heavy atom. The zero-order chi connectivity index (χ0) is 17.5. The predicted octanol–water partition coefficient (Wildman–Crippen LogP) is 3.52. The lowest BCUT2D eigenvalue weighted by atomic mass is 10.1. The molecule has 0 saturated heterocycles. The molecule has 2 N–H and O–H groups in total. The molecule has 122 valence electrons. The first-order valence-electron chi connectivity index (χ1n) is 7.26. The minimum atomic E-state index is -1.11. The second-order valence-corrected chi connectivity index (χ2v) is 5.50. The van der Waals surface area contributed by atoms with E-state index in [-0.39, 0.29) is 4.99 Å². The Morgan fingerprint density at radius 1 is 1.12 bits per heavy atom. The summed E-state index contributed by atoms with van der Waals surface area (Å²) < 4.78 is 5.23. The lowest BCUT2D eigenvalue weighted by molar-refractivity contribution is -0.116. The Labute approximate surface area is 146 Å². The van der Waals surface area contributed by atoms with E-state index in [9.17, 15) is 10.1 Å². The molecule has 2 rings (SSSR count). The van der Waals surface area contributed by atoms with E-state index in [2.05, 4.69) is 10.6 Å². The largest absolute Gasteiger partial charge is 0.495 e. The number of thiocarbonyl (C=S) groups is 1. The number of nitrogens with one attached hydrogen (secondary N) is 2. The summed E-state index contributed by atoms with van der Waals surface area (Å²) in [6.07, 6.45) is 0. The zero-order valence-corrected chi connectivity index (χ0v) is 14.2. The Hall–Kier alpha value is -2.91. The number of carbonyl (C=O) groups is 1. The SMILES string of the molecule is COc1ccccc1NC(=S)C(C#N)C(=O)Nc1ccccc1C. The fourth-order valence-corrected chi connectivity index (χ4v) is 2.38. The fourth-order valence-electron chi connectivity index (χ4n) is 2.11. The maximum atomic E-state index is 12.4. The van der Waals surface area contributed by atoms with Crippen molar-refractivity contribution < 1.29 is 9.53 Å². The molecule has 6 heteroatoms. The van der Waals surface area contributed by atoms with Gasteiger partial charge in [-0.05, 0) is 30.7 Å². The number of amides is 1. The highest BCUT2D eigenvalue weighted by Crippen LogP contribution is 2.24. The third kappa shape index (κ3) is 4.09. The van der Waals surface area contributed by atoms with Crippen molar-refractivity contribution >= 4 is 34.5 Å². The van der Waals surface area contributed by atoms with Crippen LogP contribution in [0.1, 0.15) is 5.56 Å². The van der Waals surface area contributed by atoms with Crippen molar-refractivity contribution in [3.63, 3.8) is 0 Å². The topological polar surface area (TPSA) is 74.1 Å². The number of ether oxygens (including phenoxy) is 1. The van der Waals surface area contributed by atoms with Crippen LogP contribution in [-0.2, 0) is 4.79 Å². The molecule has 0 aliphatic rings. The number of anilines is 2. The first-order valence-corrected chi connectivity index (χ1v) is 7.67. The monoisotopic (exact) mass is 339 g/mol. The van der Waals surface area contributed by atoms with Gasteiger partial charge in [-0.25, -0.2) is 0 Å². The van der Waals surface area contributed by atoms with Crippen molar-refractivity contribution in [3.8, 4) is 11.8 Å². The third-order valence-corrected chi connectivity index (χ3v) is 3.76. The summed E-state index contributed by atoms with van der Waals surface area (Å²) in [6, 6.07) is 16.4. The van der Waals surface area contributed by atoms with Gasteiger partial charge in [0.2, 0.25) is 5.91 Å². The van der Waals surface area contributed by atoms with E-state index in [1.165, 1.54) is 7.11 Å². The van der Waals surface area contributed by atoms with Crippen LogP contribution in [0.2, 0.25) is 0 Å². The summed E-state index contributed by atoms with van der Waals surface area (Å²) in [5, 5.41) is 15.0. The van der Waals surface area contributed by atoms with Crippen molar-refractivity contribution in [2.75, 3.05) is 17.7 Å². The molecule has 24 heavy (non-hydrogen) atoms. The molecule has 1 unspecified atom stereocenters. The van der Waals surface area contributed by atoms with Crippen LogP contribution in [0.3, 0.4) is 0 Å². The summed E-state index contributed by atoms with van der Waals surface area (Å²) in [5.74, 6) is -1.00. The molecule has 0 radical (unpaired) electrons. The summed E-state index contributed by atoms with van der Waals surface area (Å²) in [4.78, 5) is 12.5. The molecule has 0 heterocycles. The average Bonchev–Trinajstić information content (AvgIpc) is 2.58. The standard InChI is InChI=1S/C18H17N3O2S/c1-12-7-3-4-8-14(12)20-17(22)13(11-19)18(24)21-15-9-5-6-10-16(15)23-2/h3-10,13H,1-2H3,(H,20,22)(H,21,24). The van der Waals surface area contributed by atoms with Crippen LogP contribution >= 0.6 is 12.2 Å². The lowest BCUT2D eigenvalue weighted by Gasteiger charge is -2.16. The highest BCUT2D eigenvalue weighted by Gasteiger charge is 2.24. The Balaban J connectivity index is 2.13. The first kappa shape index (κ1) is 17.4. The summed E-state index contributed by atoms with van der Waals surface area (Å²) in [6.45, 7) is 1.88. The number of methoxy groups -OCH3 is 1. The van der Waals surface area contributed by atoms with E-state index >= 15 is 0 Å². The summed E-state index contributed by atoms with van der Waals surface area (Å²) >= 11 is 5.24. The quantitative estimate of drug-likeness (QED) is 0.815. The number of hydrogen-bond acceptors (Lipinski definition) is 4. The Kier molecular flexibility index (Phi) is 5.88. The van der Waals surface area contributed by atoms with Crippen molar-refractivity contribution in [3.05, 3.63) is 54.1 Å². The third-order valence-electron chi connectivity index (χ3n) is 3.42. The zero-order valence-electron chi connectivity index (χ0n) is 13.4. The van der Waals surface area contributed by atoms with E-state index in [0.29, 0.717) is 17.1 Å². The van der Waals surface area contributed by atoms with Crippen molar-refractivity contribution in [1.29, 1.82) is 5.26 Å². The van der Waals surface area contributed by atoms with E-state index in [4.69, 9.17) is 17.0 Å². The van der Waals surface area contributed by atoms with Crippen LogP contribution in [0.15, 0.2) is 48.5 Å². The smallest absolute Gasteiger partial charge is 0.248 e. The number of nitriles is 1. The number of aryl methyl sites for hydroxylation is 1. The van der Waals surface area contributed by atoms with Crippen molar-refractivity contribution in [2.24, 2.45) is 5.92 Å². The molecule has 1 amide bonds. The molecule has 0 spiro atoms. The van der Waals surface area contributed by atoms with Crippen LogP contribution in [-0.4, -0.2) is 18.0 Å². The molecular formula is C18H17N3O2S. The molecule has 0 bridgehead atoms. The molecule has 2 aromatic rings. The molecule has 2 aromatic carbocycles. The minimum Gasteiger partial charge on any atom is -0.495 e. The molecule has 0 saturated carbocycles. The van der Waals surface area contributed by atoms with E-state index < -0.39 is 11.8 Å². The molecule has 0 aromatic heterocycles. The molecule has 1 atom stereocenters. The van der Waals surface area contributed by atoms with Gasteiger partial charge in [0.25, 0.3) is 0 Å². The van der Waals surface area contributed by atoms with Crippen LogP contribution in [0.4, 0.5) is 11.4 Å². The van der Waals surface area contributed by atoms with Crippen LogP contribution < -0.4 is 15.4 Å². The van der Waals surface area contributed by atoms with E-state index in [0.717, 1.165) is 5.56 Å². The summed E-state index contributed by atoms with van der Waals surface area (Å²) in [5.41, 5.74) is 2.17. The van der Waals surface area contributed by atoms with Gasteiger partial charge in [-0.3, -0.25) is 4.79 Å². The van der Waals surface area contributed by atoms with Gasteiger partial charge in [-0.1, -0.05) is 42.5 Å². The number of benzene rings is 2. The van der Waals surface area contributed by atoms with Crippen LogP contribution in [0.5, 0.6) is 5.75 Å². The van der Waals surface area contributed by atoms with Gasteiger partial charge in [0.15, 0.2) is 5.92 Å². The maximum absolute atomic E-state index is 12.4. The molecule has 0 aliphatic heterocycles. The fraction of sp³-hybridized carbons (Fsp3) is 0.167. The highest BCUT2D eigenvalue weighted by molar-refractivity contribution is 7.80. The van der Waals surface area contributed by atoms with Crippen LogP contribution in [0, 0.1) is 24.2 Å². The number of rotatable bonds is 5. The average molecular weight is 339 g/mol. The van der Waals surface area contributed by atoms with Gasteiger partial charge in [-0.2, -0.15) is 5.26 Å². The predicted molar refractivity (Wildman–Crippen MR) is 98.1 cm³/mol. The van der Waals surface area contributed by atoms with Crippen LogP contribution in [0.25, 0.3) is 0 Å². The molecular weight excluding hydrogens is 322 g/mol. The number of carbonyl (C=O) groups excluding carboxylic acids is 1. The molecule has 0 aliphatic carbocycles. The second-order valence-electron chi connectivity index (χ2n) is 5.06. The van der Waals surface area contributed by atoms with E-state index in [1.54, 1.807) is 18.2 Å². The second kappa shape index (κ2) is 8.09. The number of hydrogen-bond donors (Lipinski definition) is 2. The van der Waals surface area contributed by atoms with Gasteiger partial charge < -0.3 is 15.4 Å². The van der Waals surface area contributed by atoms with E-state index in [1.807, 2.05) is 43.3 Å². The first-order chi connectivity index (χ1) is 11.6. The van der Waals surface area contributed by atoms with Crippen molar-refractivity contribution in [1.82, 2.24) is 0 Å². The lowest BCUT2D eigenvalue weighted by Crippen LogP contribution is -2.31. The molecule has 0 fully saturated rings. The van der Waals surface area contributed by atoms with Gasteiger partial charge >= 0.3 is 0 Å². The summed E-state index contributed by atoms with van der Waals surface area (Å²) in [7, 11) is 1.54. The van der Waals surface area contributed by atoms with Gasteiger partial charge in [0.05, 0.1) is 18.9 Å². The minimum absolute atomic E-state index is 0.119. The highest BCUT2D eigenvalue weighted by atomic mass is 32.1. The van der Waals surface area contributed by atoms with Gasteiger partial charge in [-0.15, -0.1) is 0 Å². The number of nitrogens with zero attached hydrogens (tertiary/aromatic N) is 1. The molecule has 5 nitrogen and oxygen atoms in total. The maximum Gasteiger partial charge on any atom is 0.248 e. The van der Waals surface area contributed by atoms with Gasteiger partial charge in [0.1, 0.15) is 10.7 Å². The number of para-hydroxylation sites is 3.